The number of aryl methyl sites for hydroxylation is 1. The summed E-state index contributed by atoms with van der Waals surface area (Å²) in [6.45, 7) is 1.57. The minimum atomic E-state index is -0.389. The normalized spacial score (nSPS) is 19.8. The fourth-order valence-corrected chi connectivity index (χ4v) is 4.18. The zero-order valence-electron chi connectivity index (χ0n) is 16.3. The van der Waals surface area contributed by atoms with Crippen molar-refractivity contribution in [1.29, 1.82) is 0 Å². The first kappa shape index (κ1) is 17.9. The maximum absolute atomic E-state index is 13.2. The molecule has 8 nitrogen and oxygen atoms in total. The number of hydrogen-bond acceptors (Lipinski definition) is 5. The number of ketones is 1. The number of rotatable bonds is 4. The predicted octanol–water partition coefficient (Wildman–Crippen LogP) is 2.39. The summed E-state index contributed by atoms with van der Waals surface area (Å²) >= 11 is 0. The third-order valence-electron chi connectivity index (χ3n) is 5.99. The minimum absolute atomic E-state index is 0.0282. The van der Waals surface area contributed by atoms with Crippen LogP contribution in [0.5, 0.6) is 0 Å². The molecule has 3 aliphatic rings. The lowest BCUT2D eigenvalue weighted by molar-refractivity contribution is 0.0971. The van der Waals surface area contributed by atoms with Crippen molar-refractivity contribution in [2.24, 2.45) is 13.0 Å². The van der Waals surface area contributed by atoms with Crippen LogP contribution in [-0.2, 0) is 7.05 Å². The highest BCUT2D eigenvalue weighted by atomic mass is 16.2. The molecule has 2 aromatic heterocycles. The maximum Gasteiger partial charge on any atom is 0.328 e. The van der Waals surface area contributed by atoms with Gasteiger partial charge in [-0.3, -0.25) is 14.5 Å². The Balaban J connectivity index is 1.48. The van der Waals surface area contributed by atoms with E-state index in [9.17, 15) is 14.4 Å². The number of carbonyl (C=O) groups is 2. The molecule has 8 heteroatoms. The number of fused-ring (bicyclic) bond motifs is 4. The summed E-state index contributed by atoms with van der Waals surface area (Å²) in [5.74, 6) is 1.01. The van der Waals surface area contributed by atoms with E-state index in [1.807, 2.05) is 6.07 Å². The second kappa shape index (κ2) is 6.72. The molecule has 2 amide bonds. The number of nitrogens with zero attached hydrogens (tertiary/aromatic N) is 4. The average Bonchev–Trinajstić information content (AvgIpc) is 3.43. The van der Waals surface area contributed by atoms with E-state index >= 15 is 0 Å². The lowest BCUT2D eigenvalue weighted by atomic mass is 10.1. The van der Waals surface area contributed by atoms with Crippen LogP contribution in [0.3, 0.4) is 0 Å². The van der Waals surface area contributed by atoms with E-state index in [0.717, 1.165) is 38.0 Å². The average molecular weight is 393 g/mol. The minimum Gasteiger partial charge on any atom is -0.366 e. The van der Waals surface area contributed by atoms with Crippen LogP contribution in [0.25, 0.3) is 0 Å². The van der Waals surface area contributed by atoms with Gasteiger partial charge in [0, 0.05) is 32.8 Å². The molecule has 1 N–H and O–H groups in total. The van der Waals surface area contributed by atoms with Crippen molar-refractivity contribution in [2.75, 3.05) is 28.2 Å². The predicted molar refractivity (Wildman–Crippen MR) is 110 cm³/mol. The first-order valence-corrected chi connectivity index (χ1v) is 10.1. The Morgan fingerprint density at radius 1 is 1.21 bits per heavy atom. The molecule has 1 atom stereocenters. The number of Topliss-reactive ketones (excluding diaryl/α,β-unsaturated/α-hetero) is 1. The van der Waals surface area contributed by atoms with E-state index in [1.165, 1.54) is 4.57 Å². The van der Waals surface area contributed by atoms with Crippen LogP contribution >= 0.6 is 0 Å². The summed E-state index contributed by atoms with van der Waals surface area (Å²) in [6.07, 6.45) is 5.19. The number of aromatic nitrogens is 2. The second-order valence-electron chi connectivity index (χ2n) is 8.14. The van der Waals surface area contributed by atoms with Crippen molar-refractivity contribution in [3.8, 4) is 0 Å². The fraction of sp³-hybridized carbons (Fsp3) is 0.429. The molecule has 2 fully saturated rings. The van der Waals surface area contributed by atoms with Crippen molar-refractivity contribution < 1.29 is 9.59 Å². The van der Waals surface area contributed by atoms with Gasteiger partial charge in [0.2, 0.25) is 0 Å². The number of hydrogen-bond donors (Lipinski definition) is 1. The van der Waals surface area contributed by atoms with Gasteiger partial charge >= 0.3 is 6.03 Å². The van der Waals surface area contributed by atoms with Gasteiger partial charge in [-0.15, -0.1) is 0 Å². The molecule has 0 aromatic carbocycles. The number of nitrogens with one attached hydrogen (secondary N) is 1. The molecule has 0 spiro atoms. The Labute approximate surface area is 168 Å². The second-order valence-corrected chi connectivity index (χ2v) is 8.14. The van der Waals surface area contributed by atoms with Crippen LogP contribution in [0.2, 0.25) is 0 Å². The zero-order valence-corrected chi connectivity index (χ0v) is 16.3. The van der Waals surface area contributed by atoms with Gasteiger partial charge in [-0.2, -0.15) is 0 Å². The Kier molecular flexibility index (Phi) is 4.15. The van der Waals surface area contributed by atoms with Crippen molar-refractivity contribution in [3.05, 3.63) is 46.5 Å². The Bertz CT molecular complexity index is 1060. The molecule has 1 saturated heterocycles. The van der Waals surface area contributed by atoms with Crippen molar-refractivity contribution in [3.63, 3.8) is 0 Å². The van der Waals surface area contributed by atoms with Crippen LogP contribution in [0, 0.1) is 5.92 Å². The molecule has 5 rings (SSSR count). The van der Waals surface area contributed by atoms with E-state index < -0.39 is 0 Å². The highest BCUT2D eigenvalue weighted by Gasteiger charge is 2.40. The summed E-state index contributed by atoms with van der Waals surface area (Å²) in [7, 11) is 1.64. The number of pyridine rings is 2. The van der Waals surface area contributed by atoms with Crippen LogP contribution in [0.1, 0.15) is 36.2 Å². The molecule has 0 unspecified atom stereocenters. The Morgan fingerprint density at radius 3 is 2.83 bits per heavy atom. The van der Waals surface area contributed by atoms with Gasteiger partial charge in [0.1, 0.15) is 11.4 Å². The van der Waals surface area contributed by atoms with Gasteiger partial charge in [-0.25, -0.2) is 9.78 Å². The van der Waals surface area contributed by atoms with E-state index in [2.05, 4.69) is 15.2 Å². The monoisotopic (exact) mass is 393 g/mol. The van der Waals surface area contributed by atoms with E-state index in [-0.39, 0.29) is 29.1 Å². The van der Waals surface area contributed by atoms with E-state index in [0.29, 0.717) is 23.9 Å². The van der Waals surface area contributed by atoms with Crippen molar-refractivity contribution >= 4 is 29.0 Å². The van der Waals surface area contributed by atoms with Gasteiger partial charge in [0.05, 0.1) is 11.7 Å². The molecule has 2 bridgehead atoms. The number of urea groups is 1. The first-order valence-electron chi connectivity index (χ1n) is 10.1. The number of carbonyl (C=O) groups excluding carboxylic acids is 2. The lowest BCUT2D eigenvalue weighted by Crippen LogP contribution is -2.49. The summed E-state index contributed by atoms with van der Waals surface area (Å²) in [4.78, 5) is 46.5. The molecule has 150 valence electrons. The molecule has 0 radical (unpaired) electrons. The summed E-state index contributed by atoms with van der Waals surface area (Å²) in [5.41, 5.74) is 1.22. The van der Waals surface area contributed by atoms with Crippen molar-refractivity contribution in [1.82, 2.24) is 9.55 Å². The number of anilines is 3. The van der Waals surface area contributed by atoms with Crippen LogP contribution in [0.4, 0.5) is 22.0 Å². The van der Waals surface area contributed by atoms with Gasteiger partial charge in [0.15, 0.2) is 11.6 Å². The molecular formula is C21H23N5O3. The molecule has 2 aliphatic heterocycles. The third kappa shape index (κ3) is 3.18. The Morgan fingerprint density at radius 2 is 2.03 bits per heavy atom. The van der Waals surface area contributed by atoms with Gasteiger partial charge < -0.3 is 14.8 Å². The molecule has 1 aliphatic carbocycles. The SMILES string of the molecule is Cn1cccc(NC(=O)N2c3nc(C(=O)CC4CC4)ccc3N3CC[C@H]2C3)c1=O. The highest BCUT2D eigenvalue weighted by molar-refractivity contribution is 6.05. The maximum atomic E-state index is 13.2. The molecule has 1 saturated carbocycles. The number of amides is 2. The summed E-state index contributed by atoms with van der Waals surface area (Å²) in [6, 6.07) is 6.55. The highest BCUT2D eigenvalue weighted by Crippen LogP contribution is 2.40. The fourth-order valence-electron chi connectivity index (χ4n) is 4.18. The van der Waals surface area contributed by atoms with E-state index in [4.69, 9.17) is 0 Å². The summed E-state index contributed by atoms with van der Waals surface area (Å²) in [5, 5.41) is 2.75. The lowest BCUT2D eigenvalue weighted by Gasteiger charge is -2.35. The Hall–Kier alpha value is -3.16. The van der Waals surface area contributed by atoms with Crippen LogP contribution in [0.15, 0.2) is 35.3 Å². The topological polar surface area (TPSA) is 87.5 Å². The van der Waals surface area contributed by atoms with Gasteiger partial charge in [0.25, 0.3) is 5.56 Å². The smallest absolute Gasteiger partial charge is 0.328 e. The standard InChI is InChI=1S/C21H23N5O3/c1-24-9-2-3-16(20(24)28)23-21(29)26-14-8-10-25(12-14)17-7-6-15(22-19(17)26)18(27)11-13-4-5-13/h2-3,6-7,9,13-14H,4-5,8,10-12H2,1H3,(H,23,29)/t14-/m0/s1. The van der Waals surface area contributed by atoms with Crippen LogP contribution < -0.4 is 20.7 Å². The molecule has 29 heavy (non-hydrogen) atoms. The van der Waals surface area contributed by atoms with Crippen molar-refractivity contribution in [2.45, 2.75) is 31.7 Å². The first-order chi connectivity index (χ1) is 14.0. The van der Waals surface area contributed by atoms with Crippen LogP contribution in [-0.4, -0.2) is 40.5 Å². The molecular weight excluding hydrogens is 370 g/mol. The third-order valence-corrected chi connectivity index (χ3v) is 5.99. The summed E-state index contributed by atoms with van der Waals surface area (Å²) < 4.78 is 1.42. The van der Waals surface area contributed by atoms with Gasteiger partial charge in [-0.1, -0.05) is 0 Å². The quantitative estimate of drug-likeness (QED) is 0.806. The van der Waals surface area contributed by atoms with Gasteiger partial charge in [-0.05, 0) is 49.4 Å². The molecule has 2 aromatic rings. The molecule has 4 heterocycles. The van der Waals surface area contributed by atoms with E-state index in [1.54, 1.807) is 36.3 Å². The largest absolute Gasteiger partial charge is 0.366 e. The zero-order chi connectivity index (χ0) is 20.1.